The second kappa shape index (κ2) is 9.72. The predicted molar refractivity (Wildman–Crippen MR) is 101 cm³/mol. The lowest BCUT2D eigenvalue weighted by Gasteiger charge is -2.33. The summed E-state index contributed by atoms with van der Waals surface area (Å²) in [5.74, 6) is 0.538. The third kappa shape index (κ3) is 7.56. The molecule has 1 amide bonds. The second-order valence-electron chi connectivity index (χ2n) is 7.95. The van der Waals surface area contributed by atoms with Crippen LogP contribution in [0.25, 0.3) is 0 Å². The minimum absolute atomic E-state index is 0.139. The molecule has 1 aromatic rings. The average molecular weight is 361 g/mol. The lowest BCUT2D eigenvalue weighted by Crippen LogP contribution is -2.42. The number of hydrogen-bond acceptors (Lipinski definition) is 4. The van der Waals surface area contributed by atoms with Gasteiger partial charge < -0.3 is 14.4 Å². The SMILES string of the molecule is CC(C)(C)OC(=O)N1CCC(COCC(=O)CCc2ccccc2)CC1. The zero-order valence-corrected chi connectivity index (χ0v) is 16.2. The smallest absolute Gasteiger partial charge is 0.410 e. The molecule has 5 nitrogen and oxygen atoms in total. The molecular formula is C21H31NO4. The Kier molecular flexibility index (Phi) is 7.64. The maximum absolute atomic E-state index is 12.0. The number of ether oxygens (including phenoxy) is 2. The first-order chi connectivity index (χ1) is 12.3. The summed E-state index contributed by atoms with van der Waals surface area (Å²) in [6, 6.07) is 10.0. The van der Waals surface area contributed by atoms with Crippen molar-refractivity contribution in [3.8, 4) is 0 Å². The first kappa shape index (κ1) is 20.4. The number of aryl methyl sites for hydroxylation is 1. The lowest BCUT2D eigenvalue weighted by atomic mass is 9.98. The Morgan fingerprint density at radius 2 is 1.77 bits per heavy atom. The number of benzene rings is 1. The van der Waals surface area contributed by atoms with Crippen molar-refractivity contribution in [1.29, 1.82) is 0 Å². The summed E-state index contributed by atoms with van der Waals surface area (Å²) in [4.78, 5) is 25.7. The van der Waals surface area contributed by atoms with E-state index in [2.05, 4.69) is 0 Å². The van der Waals surface area contributed by atoms with E-state index in [1.165, 1.54) is 5.56 Å². The van der Waals surface area contributed by atoms with E-state index in [4.69, 9.17) is 9.47 Å². The van der Waals surface area contributed by atoms with Gasteiger partial charge in [-0.2, -0.15) is 0 Å². The Labute approximate surface area is 156 Å². The van der Waals surface area contributed by atoms with E-state index in [0.717, 1.165) is 19.3 Å². The van der Waals surface area contributed by atoms with Crippen molar-refractivity contribution < 1.29 is 19.1 Å². The molecule has 0 aromatic heterocycles. The molecule has 5 heteroatoms. The van der Waals surface area contributed by atoms with Crippen molar-refractivity contribution in [3.05, 3.63) is 35.9 Å². The van der Waals surface area contributed by atoms with E-state index in [1.54, 1.807) is 4.90 Å². The van der Waals surface area contributed by atoms with Crippen LogP contribution in [-0.2, 0) is 20.7 Å². The Morgan fingerprint density at radius 1 is 1.12 bits per heavy atom. The third-order valence-electron chi connectivity index (χ3n) is 4.42. The number of Topliss-reactive ketones (excluding diaryl/α,β-unsaturated/α-hetero) is 1. The fraction of sp³-hybridized carbons (Fsp3) is 0.619. The number of rotatable bonds is 7. The molecule has 1 aromatic carbocycles. The third-order valence-corrected chi connectivity index (χ3v) is 4.42. The summed E-state index contributed by atoms with van der Waals surface area (Å²) < 4.78 is 11.0. The fourth-order valence-electron chi connectivity index (χ4n) is 2.95. The van der Waals surface area contributed by atoms with Gasteiger partial charge in [0.15, 0.2) is 5.78 Å². The topological polar surface area (TPSA) is 55.8 Å². The van der Waals surface area contributed by atoms with Gasteiger partial charge in [0.05, 0.1) is 6.61 Å². The van der Waals surface area contributed by atoms with E-state index in [-0.39, 0.29) is 18.5 Å². The molecule has 0 unspecified atom stereocenters. The first-order valence-corrected chi connectivity index (χ1v) is 9.45. The zero-order valence-electron chi connectivity index (χ0n) is 16.2. The molecule has 0 N–H and O–H groups in total. The van der Waals surface area contributed by atoms with Crippen LogP contribution in [0.4, 0.5) is 4.79 Å². The van der Waals surface area contributed by atoms with Crippen LogP contribution in [0.5, 0.6) is 0 Å². The van der Waals surface area contributed by atoms with Crippen molar-refractivity contribution in [1.82, 2.24) is 4.90 Å². The normalized spacial score (nSPS) is 15.7. The van der Waals surface area contributed by atoms with Crippen LogP contribution in [0.15, 0.2) is 30.3 Å². The molecular weight excluding hydrogens is 330 g/mol. The van der Waals surface area contributed by atoms with Crippen LogP contribution in [0.2, 0.25) is 0 Å². The van der Waals surface area contributed by atoms with Gasteiger partial charge >= 0.3 is 6.09 Å². The Morgan fingerprint density at radius 3 is 2.38 bits per heavy atom. The predicted octanol–water partition coefficient (Wildman–Crippen LogP) is 3.85. The van der Waals surface area contributed by atoms with Gasteiger partial charge in [-0.3, -0.25) is 4.79 Å². The summed E-state index contributed by atoms with van der Waals surface area (Å²) in [6.45, 7) is 7.76. The minimum Gasteiger partial charge on any atom is -0.444 e. The molecule has 26 heavy (non-hydrogen) atoms. The number of carbonyl (C=O) groups excluding carboxylic acids is 2. The lowest BCUT2D eigenvalue weighted by molar-refractivity contribution is -0.124. The quantitative estimate of drug-likeness (QED) is 0.740. The number of hydrogen-bond donors (Lipinski definition) is 0. The maximum atomic E-state index is 12.0. The van der Waals surface area contributed by atoms with Gasteiger partial charge in [-0.25, -0.2) is 4.79 Å². The number of likely N-dealkylation sites (tertiary alicyclic amines) is 1. The molecule has 0 bridgehead atoms. The Balaban J connectivity index is 1.58. The van der Waals surface area contributed by atoms with E-state index in [9.17, 15) is 9.59 Å². The van der Waals surface area contributed by atoms with Gasteiger partial charge in [0, 0.05) is 19.5 Å². The zero-order chi connectivity index (χ0) is 19.0. The van der Waals surface area contributed by atoms with Crippen molar-refractivity contribution in [2.45, 2.75) is 52.1 Å². The van der Waals surface area contributed by atoms with Gasteiger partial charge in [-0.15, -0.1) is 0 Å². The molecule has 0 aliphatic carbocycles. The monoisotopic (exact) mass is 361 g/mol. The number of amides is 1. The van der Waals surface area contributed by atoms with E-state index < -0.39 is 5.60 Å². The number of nitrogens with zero attached hydrogens (tertiary/aromatic N) is 1. The molecule has 144 valence electrons. The van der Waals surface area contributed by atoms with Crippen LogP contribution in [0.3, 0.4) is 0 Å². The number of ketones is 1. The van der Waals surface area contributed by atoms with Crippen LogP contribution >= 0.6 is 0 Å². The highest BCUT2D eigenvalue weighted by atomic mass is 16.6. The highest BCUT2D eigenvalue weighted by Gasteiger charge is 2.26. The van der Waals surface area contributed by atoms with Gasteiger partial charge in [-0.05, 0) is 51.5 Å². The molecule has 1 saturated heterocycles. The molecule has 1 fully saturated rings. The maximum Gasteiger partial charge on any atom is 0.410 e. The Hall–Kier alpha value is -1.88. The average Bonchev–Trinajstić information content (AvgIpc) is 2.60. The van der Waals surface area contributed by atoms with Crippen molar-refractivity contribution in [2.75, 3.05) is 26.3 Å². The van der Waals surface area contributed by atoms with Crippen LogP contribution in [0.1, 0.15) is 45.6 Å². The van der Waals surface area contributed by atoms with Gasteiger partial charge in [0.25, 0.3) is 0 Å². The molecule has 0 spiro atoms. The van der Waals surface area contributed by atoms with Crippen LogP contribution in [-0.4, -0.2) is 48.7 Å². The highest BCUT2D eigenvalue weighted by Crippen LogP contribution is 2.20. The summed E-state index contributed by atoms with van der Waals surface area (Å²) >= 11 is 0. The standard InChI is InChI=1S/C21H31NO4/c1-21(2,3)26-20(24)22-13-11-18(12-14-22)15-25-16-19(23)10-9-17-7-5-4-6-8-17/h4-8,18H,9-16H2,1-3H3. The molecule has 1 aliphatic heterocycles. The number of piperidine rings is 1. The second-order valence-corrected chi connectivity index (χ2v) is 7.95. The van der Waals surface area contributed by atoms with Crippen molar-refractivity contribution in [2.24, 2.45) is 5.92 Å². The van der Waals surface area contributed by atoms with Crippen molar-refractivity contribution >= 4 is 11.9 Å². The van der Waals surface area contributed by atoms with Gasteiger partial charge in [-0.1, -0.05) is 30.3 Å². The van der Waals surface area contributed by atoms with Gasteiger partial charge in [0.1, 0.15) is 12.2 Å². The van der Waals surface area contributed by atoms with Crippen molar-refractivity contribution in [3.63, 3.8) is 0 Å². The van der Waals surface area contributed by atoms with Crippen LogP contribution < -0.4 is 0 Å². The molecule has 0 saturated carbocycles. The first-order valence-electron chi connectivity index (χ1n) is 9.45. The number of carbonyl (C=O) groups is 2. The Bertz CT molecular complexity index is 571. The van der Waals surface area contributed by atoms with E-state index in [0.29, 0.717) is 32.0 Å². The summed E-state index contributed by atoms with van der Waals surface area (Å²) in [5, 5.41) is 0. The van der Waals surface area contributed by atoms with E-state index >= 15 is 0 Å². The molecule has 0 atom stereocenters. The summed E-state index contributed by atoms with van der Waals surface area (Å²) in [5.41, 5.74) is 0.715. The van der Waals surface area contributed by atoms with Crippen LogP contribution in [0, 0.1) is 5.92 Å². The minimum atomic E-state index is -0.461. The highest BCUT2D eigenvalue weighted by molar-refractivity contribution is 5.79. The fourth-order valence-corrected chi connectivity index (χ4v) is 2.95. The molecule has 1 aliphatic rings. The largest absolute Gasteiger partial charge is 0.444 e. The molecule has 0 radical (unpaired) electrons. The molecule has 1 heterocycles. The van der Waals surface area contributed by atoms with Gasteiger partial charge in [0.2, 0.25) is 0 Å². The molecule has 2 rings (SSSR count). The summed E-state index contributed by atoms with van der Waals surface area (Å²) in [7, 11) is 0. The summed E-state index contributed by atoms with van der Waals surface area (Å²) in [6.07, 6.45) is 2.81. The van der Waals surface area contributed by atoms with E-state index in [1.807, 2.05) is 51.1 Å².